The number of likely N-dealkylation sites (tertiary alicyclic amines) is 1. The molecule has 2 aromatic rings. The fourth-order valence-corrected chi connectivity index (χ4v) is 5.14. The Balaban J connectivity index is 1.45. The van der Waals surface area contributed by atoms with E-state index in [1.807, 2.05) is 48.6 Å². The lowest BCUT2D eigenvalue weighted by Crippen LogP contribution is -2.45. The molecule has 0 aliphatic carbocycles. The van der Waals surface area contributed by atoms with Crippen LogP contribution in [0.15, 0.2) is 29.6 Å². The van der Waals surface area contributed by atoms with Gasteiger partial charge in [-0.1, -0.05) is 18.2 Å². The molecule has 0 radical (unpaired) electrons. The Bertz CT molecular complexity index is 836. The number of piperidine rings is 1. The third-order valence-electron chi connectivity index (χ3n) is 5.61. The SMILES string of the molecule is CN(C)CC1CC2(CCN(C(=O)c3csc4ccccc34)CC2)C(=O)O1. The highest BCUT2D eigenvalue weighted by Gasteiger charge is 2.50. The standard InChI is InChI=1S/C20H24N2O3S/c1-21(2)12-14-11-20(19(24)25-14)7-9-22(10-8-20)18(23)16-13-26-17-6-4-3-5-15(16)17/h3-6,13-14H,7-12H2,1-2H3. The number of cyclic esters (lactones) is 1. The van der Waals surface area contributed by atoms with E-state index in [1.165, 1.54) is 0 Å². The number of esters is 1. The monoisotopic (exact) mass is 372 g/mol. The van der Waals surface area contributed by atoms with E-state index in [0.717, 1.165) is 28.6 Å². The van der Waals surface area contributed by atoms with Crippen LogP contribution in [-0.2, 0) is 9.53 Å². The highest BCUT2D eigenvalue weighted by atomic mass is 32.1. The first-order chi connectivity index (χ1) is 12.5. The smallest absolute Gasteiger partial charge is 0.312 e. The molecule has 2 fully saturated rings. The summed E-state index contributed by atoms with van der Waals surface area (Å²) in [5.41, 5.74) is 0.384. The normalized spacial score (nSPS) is 22.3. The number of benzene rings is 1. The Hall–Kier alpha value is -1.92. The Labute approximate surface area is 157 Å². The molecule has 1 unspecified atom stereocenters. The van der Waals surface area contributed by atoms with Gasteiger partial charge in [-0.2, -0.15) is 0 Å². The number of hydrogen-bond acceptors (Lipinski definition) is 5. The summed E-state index contributed by atoms with van der Waals surface area (Å²) in [6.45, 7) is 2.00. The van der Waals surface area contributed by atoms with E-state index in [1.54, 1.807) is 11.3 Å². The van der Waals surface area contributed by atoms with Gasteiger partial charge < -0.3 is 14.5 Å². The van der Waals surface area contributed by atoms with Gasteiger partial charge in [0.2, 0.25) is 0 Å². The zero-order valence-corrected chi connectivity index (χ0v) is 16.1. The maximum atomic E-state index is 13.0. The van der Waals surface area contributed by atoms with Crippen LogP contribution in [0.25, 0.3) is 10.1 Å². The van der Waals surface area contributed by atoms with Crippen LogP contribution < -0.4 is 0 Å². The molecule has 1 spiro atoms. The van der Waals surface area contributed by atoms with Crippen molar-refractivity contribution in [2.24, 2.45) is 5.41 Å². The molecule has 0 saturated carbocycles. The average Bonchev–Trinajstić information content (AvgIpc) is 3.16. The molecule has 6 heteroatoms. The maximum Gasteiger partial charge on any atom is 0.312 e. The van der Waals surface area contributed by atoms with Crippen LogP contribution in [0.1, 0.15) is 29.6 Å². The van der Waals surface area contributed by atoms with Gasteiger partial charge in [0.25, 0.3) is 5.91 Å². The molecular formula is C20H24N2O3S. The lowest BCUT2D eigenvalue weighted by atomic mass is 9.76. The Kier molecular flexibility index (Phi) is 4.49. The van der Waals surface area contributed by atoms with Crippen molar-refractivity contribution in [1.82, 2.24) is 9.80 Å². The van der Waals surface area contributed by atoms with Crippen molar-refractivity contribution in [3.8, 4) is 0 Å². The van der Waals surface area contributed by atoms with E-state index in [4.69, 9.17) is 4.74 Å². The van der Waals surface area contributed by atoms with E-state index in [-0.39, 0.29) is 18.0 Å². The summed E-state index contributed by atoms with van der Waals surface area (Å²) in [6, 6.07) is 8.01. The molecule has 2 aliphatic rings. The Morgan fingerprint density at radius 2 is 2.04 bits per heavy atom. The van der Waals surface area contributed by atoms with Crippen LogP contribution in [0.3, 0.4) is 0 Å². The summed E-state index contributed by atoms with van der Waals surface area (Å²) in [5.74, 6) is 0.00550. The molecule has 1 atom stereocenters. The van der Waals surface area contributed by atoms with Crippen LogP contribution in [0.2, 0.25) is 0 Å². The van der Waals surface area contributed by atoms with Gasteiger partial charge in [-0.25, -0.2) is 0 Å². The number of amides is 1. The second-order valence-corrected chi connectivity index (χ2v) is 8.62. The third kappa shape index (κ3) is 3.01. The van der Waals surface area contributed by atoms with Gasteiger partial charge >= 0.3 is 5.97 Å². The molecular weight excluding hydrogens is 348 g/mol. The number of carbonyl (C=O) groups is 2. The molecule has 4 rings (SSSR count). The van der Waals surface area contributed by atoms with E-state index >= 15 is 0 Å². The molecule has 2 saturated heterocycles. The van der Waals surface area contributed by atoms with Crippen LogP contribution in [0, 0.1) is 5.41 Å². The predicted octanol–water partition coefficient (Wildman–Crippen LogP) is 3.00. The first kappa shape index (κ1) is 17.5. The summed E-state index contributed by atoms with van der Waals surface area (Å²) < 4.78 is 6.74. The van der Waals surface area contributed by atoms with Gasteiger partial charge in [0, 0.05) is 41.5 Å². The van der Waals surface area contributed by atoms with Crippen molar-refractivity contribution in [3.05, 3.63) is 35.2 Å². The van der Waals surface area contributed by atoms with Crippen LogP contribution in [-0.4, -0.2) is 61.5 Å². The van der Waals surface area contributed by atoms with Gasteiger partial charge in [0.05, 0.1) is 11.0 Å². The maximum absolute atomic E-state index is 13.0. The average molecular weight is 372 g/mol. The van der Waals surface area contributed by atoms with Gasteiger partial charge in [-0.3, -0.25) is 9.59 Å². The number of thiophene rings is 1. The third-order valence-corrected chi connectivity index (χ3v) is 6.58. The summed E-state index contributed by atoms with van der Waals surface area (Å²) in [5, 5.41) is 2.98. The van der Waals surface area contributed by atoms with E-state index in [9.17, 15) is 9.59 Å². The second-order valence-electron chi connectivity index (χ2n) is 7.71. The van der Waals surface area contributed by atoms with Crippen LogP contribution in [0.5, 0.6) is 0 Å². The zero-order chi connectivity index (χ0) is 18.3. The minimum atomic E-state index is -0.395. The van der Waals surface area contributed by atoms with Crippen molar-refractivity contribution in [2.45, 2.75) is 25.4 Å². The molecule has 26 heavy (non-hydrogen) atoms. The molecule has 3 heterocycles. The first-order valence-corrected chi connectivity index (χ1v) is 9.98. The van der Waals surface area contributed by atoms with Crippen molar-refractivity contribution >= 4 is 33.3 Å². The minimum absolute atomic E-state index is 0.0273. The zero-order valence-electron chi connectivity index (χ0n) is 15.2. The van der Waals surface area contributed by atoms with Gasteiger partial charge in [-0.05, 0) is 33.0 Å². The molecule has 0 N–H and O–H groups in total. The highest BCUT2D eigenvalue weighted by Crippen LogP contribution is 2.43. The molecule has 1 amide bonds. The molecule has 1 aromatic heterocycles. The lowest BCUT2D eigenvalue weighted by Gasteiger charge is -2.36. The number of fused-ring (bicyclic) bond motifs is 1. The largest absolute Gasteiger partial charge is 0.461 e. The number of rotatable bonds is 3. The van der Waals surface area contributed by atoms with Gasteiger partial charge in [0.15, 0.2) is 0 Å². The molecule has 1 aromatic carbocycles. The lowest BCUT2D eigenvalue weighted by molar-refractivity contribution is -0.150. The summed E-state index contributed by atoms with van der Waals surface area (Å²) >= 11 is 1.61. The number of likely N-dealkylation sites (N-methyl/N-ethyl adjacent to an activating group) is 1. The Morgan fingerprint density at radius 1 is 1.31 bits per heavy atom. The topological polar surface area (TPSA) is 49.9 Å². The van der Waals surface area contributed by atoms with E-state index < -0.39 is 5.41 Å². The first-order valence-electron chi connectivity index (χ1n) is 9.10. The van der Waals surface area contributed by atoms with E-state index in [2.05, 4.69) is 4.90 Å². The number of ether oxygens (including phenoxy) is 1. The quantitative estimate of drug-likeness (QED) is 0.777. The Morgan fingerprint density at radius 3 is 2.77 bits per heavy atom. The molecule has 5 nitrogen and oxygen atoms in total. The summed E-state index contributed by atoms with van der Waals surface area (Å²) in [4.78, 5) is 29.4. The fraction of sp³-hybridized carbons (Fsp3) is 0.500. The second kappa shape index (κ2) is 6.67. The number of hydrogen-bond donors (Lipinski definition) is 0. The molecule has 138 valence electrons. The van der Waals surface area contributed by atoms with Crippen LogP contribution >= 0.6 is 11.3 Å². The molecule has 2 aliphatic heterocycles. The van der Waals surface area contributed by atoms with E-state index in [0.29, 0.717) is 25.9 Å². The number of carbonyl (C=O) groups excluding carboxylic acids is 2. The van der Waals surface area contributed by atoms with Crippen molar-refractivity contribution in [2.75, 3.05) is 33.7 Å². The summed E-state index contributed by atoms with van der Waals surface area (Å²) in [6.07, 6.45) is 2.14. The van der Waals surface area contributed by atoms with Crippen molar-refractivity contribution in [1.29, 1.82) is 0 Å². The van der Waals surface area contributed by atoms with Crippen LogP contribution in [0.4, 0.5) is 0 Å². The van der Waals surface area contributed by atoms with Crippen molar-refractivity contribution < 1.29 is 14.3 Å². The molecule has 0 bridgehead atoms. The van der Waals surface area contributed by atoms with Crippen molar-refractivity contribution in [3.63, 3.8) is 0 Å². The van der Waals surface area contributed by atoms with Gasteiger partial charge in [0.1, 0.15) is 6.10 Å². The summed E-state index contributed by atoms with van der Waals surface area (Å²) in [7, 11) is 3.98. The number of nitrogens with zero attached hydrogens (tertiary/aromatic N) is 2. The highest BCUT2D eigenvalue weighted by molar-refractivity contribution is 7.17. The predicted molar refractivity (Wildman–Crippen MR) is 102 cm³/mol. The fourth-order valence-electron chi connectivity index (χ4n) is 4.21. The minimum Gasteiger partial charge on any atom is -0.461 e. The van der Waals surface area contributed by atoms with Gasteiger partial charge in [-0.15, -0.1) is 11.3 Å².